The lowest BCUT2D eigenvalue weighted by atomic mass is 10.0. The van der Waals surface area contributed by atoms with Gasteiger partial charge in [-0.2, -0.15) is 9.98 Å². The monoisotopic (exact) mass is 375 g/mol. The van der Waals surface area contributed by atoms with Crippen LogP contribution in [0, 0.1) is 21.4 Å². The molecule has 134 valence electrons. The molecule has 1 unspecified atom stereocenters. The Balaban J connectivity index is 2.28. The molecular formula is C16H13N3O6S. The number of benzene rings is 2. The molecule has 0 aliphatic heterocycles. The van der Waals surface area contributed by atoms with E-state index in [9.17, 15) is 28.4 Å². The Morgan fingerprint density at radius 2 is 1.96 bits per heavy atom. The average Bonchev–Trinajstić information content (AvgIpc) is 2.61. The fraction of sp³-hybridized carbons (Fsp3) is 0.125. The molecule has 0 saturated heterocycles. The highest BCUT2D eigenvalue weighted by Crippen LogP contribution is 2.18. The number of nitriles is 1. The Hall–Kier alpha value is -3.29. The summed E-state index contributed by atoms with van der Waals surface area (Å²) < 4.78 is 26.8. The number of nitro benzene ring substituents is 1. The number of nitrogens with zero attached hydrogens (tertiary/aromatic N) is 2. The van der Waals surface area contributed by atoms with Crippen LogP contribution in [0.4, 0.5) is 5.69 Å². The molecule has 9 nitrogen and oxygen atoms in total. The molecule has 2 aromatic rings. The lowest BCUT2D eigenvalue weighted by Crippen LogP contribution is -2.42. The van der Waals surface area contributed by atoms with E-state index in [0.717, 1.165) is 18.2 Å². The van der Waals surface area contributed by atoms with E-state index in [0.29, 0.717) is 11.1 Å². The second-order valence-corrected chi connectivity index (χ2v) is 7.00. The molecule has 0 radical (unpaired) electrons. The first-order chi connectivity index (χ1) is 12.2. The fourth-order valence-corrected chi connectivity index (χ4v) is 3.43. The maximum absolute atomic E-state index is 12.4. The zero-order valence-electron chi connectivity index (χ0n) is 13.2. The Morgan fingerprint density at radius 1 is 1.27 bits per heavy atom. The molecule has 10 heteroatoms. The summed E-state index contributed by atoms with van der Waals surface area (Å²) in [6.07, 6.45) is -0.195. The number of sulfonamides is 1. The summed E-state index contributed by atoms with van der Waals surface area (Å²) in [5, 5.41) is 29.0. The Labute approximate surface area is 148 Å². The van der Waals surface area contributed by atoms with Crippen LogP contribution in [0.15, 0.2) is 53.4 Å². The van der Waals surface area contributed by atoms with E-state index in [1.54, 1.807) is 12.1 Å². The number of non-ortho nitro benzene ring substituents is 1. The van der Waals surface area contributed by atoms with Crippen LogP contribution in [0.5, 0.6) is 0 Å². The van der Waals surface area contributed by atoms with Crippen LogP contribution >= 0.6 is 0 Å². The first-order valence-corrected chi connectivity index (χ1v) is 8.70. The quantitative estimate of drug-likeness (QED) is 0.549. The molecule has 0 heterocycles. The number of hydrogen-bond donors (Lipinski definition) is 2. The van der Waals surface area contributed by atoms with Gasteiger partial charge in [0.25, 0.3) is 5.69 Å². The lowest BCUT2D eigenvalue weighted by Gasteiger charge is -2.15. The number of carboxylic acids is 1. The number of carbonyl (C=O) groups is 1. The van der Waals surface area contributed by atoms with Crippen LogP contribution in [-0.4, -0.2) is 30.5 Å². The van der Waals surface area contributed by atoms with Crippen molar-refractivity contribution < 1.29 is 23.2 Å². The van der Waals surface area contributed by atoms with Crippen molar-refractivity contribution in [2.75, 3.05) is 0 Å². The molecule has 2 aromatic carbocycles. The molecule has 0 aliphatic carbocycles. The number of carboxylic acid groups (broad SMARTS) is 1. The van der Waals surface area contributed by atoms with Gasteiger partial charge in [0, 0.05) is 12.1 Å². The fourth-order valence-electron chi connectivity index (χ4n) is 2.20. The number of hydrogen-bond acceptors (Lipinski definition) is 6. The first kappa shape index (κ1) is 19.0. The van der Waals surface area contributed by atoms with E-state index in [1.165, 1.54) is 18.2 Å². The largest absolute Gasteiger partial charge is 0.480 e. The first-order valence-electron chi connectivity index (χ1n) is 7.21. The summed E-state index contributed by atoms with van der Waals surface area (Å²) in [7, 11) is -4.30. The van der Waals surface area contributed by atoms with Crippen molar-refractivity contribution in [1.82, 2.24) is 4.72 Å². The van der Waals surface area contributed by atoms with Crippen molar-refractivity contribution in [2.24, 2.45) is 0 Å². The standard InChI is InChI=1S/C16H13N3O6S/c17-10-12-4-1-3-11(7-12)8-15(16(20)21)18-26(24,25)14-6-2-5-13(9-14)19(22)23/h1-7,9,15,18H,8H2,(H,20,21). The maximum atomic E-state index is 12.4. The zero-order chi connectivity index (χ0) is 19.3. The molecule has 0 amide bonds. The molecule has 2 N–H and O–H groups in total. The molecule has 0 bridgehead atoms. The summed E-state index contributed by atoms with van der Waals surface area (Å²) in [6.45, 7) is 0. The number of aliphatic carboxylic acids is 1. The molecule has 0 aromatic heterocycles. The van der Waals surface area contributed by atoms with Crippen molar-refractivity contribution in [3.05, 3.63) is 69.8 Å². The van der Waals surface area contributed by atoms with Gasteiger partial charge in [-0.15, -0.1) is 0 Å². The molecule has 26 heavy (non-hydrogen) atoms. The molecule has 2 rings (SSSR count). The van der Waals surface area contributed by atoms with Gasteiger partial charge in [0.1, 0.15) is 6.04 Å². The zero-order valence-corrected chi connectivity index (χ0v) is 14.0. The van der Waals surface area contributed by atoms with Crippen molar-refractivity contribution in [1.29, 1.82) is 5.26 Å². The van der Waals surface area contributed by atoms with Gasteiger partial charge in [0.05, 0.1) is 21.5 Å². The Morgan fingerprint density at radius 3 is 2.58 bits per heavy atom. The van der Waals surface area contributed by atoms with Crippen LogP contribution in [0.1, 0.15) is 11.1 Å². The topological polar surface area (TPSA) is 150 Å². The summed E-state index contributed by atoms with van der Waals surface area (Å²) in [5.74, 6) is -1.42. The third kappa shape index (κ3) is 4.62. The van der Waals surface area contributed by atoms with Crippen LogP contribution in [0.3, 0.4) is 0 Å². The number of nitrogens with one attached hydrogen (secondary N) is 1. The molecule has 0 fully saturated rings. The van der Waals surface area contributed by atoms with E-state index < -0.39 is 37.5 Å². The maximum Gasteiger partial charge on any atom is 0.322 e. The van der Waals surface area contributed by atoms with Gasteiger partial charge in [-0.05, 0) is 30.2 Å². The summed E-state index contributed by atoms with van der Waals surface area (Å²) >= 11 is 0. The SMILES string of the molecule is N#Cc1cccc(CC(NS(=O)(=O)c2cccc([N+](=O)[O-])c2)C(=O)O)c1. The third-order valence-electron chi connectivity index (χ3n) is 3.43. The summed E-state index contributed by atoms with van der Waals surface area (Å²) in [4.78, 5) is 21.1. The minimum atomic E-state index is -4.30. The second-order valence-electron chi connectivity index (χ2n) is 5.28. The Bertz CT molecular complexity index is 997. The van der Waals surface area contributed by atoms with Gasteiger partial charge in [-0.3, -0.25) is 14.9 Å². The predicted octanol–water partition coefficient (Wildman–Crippen LogP) is 1.44. The van der Waals surface area contributed by atoms with Crippen LogP contribution in [0.25, 0.3) is 0 Å². The normalized spacial score (nSPS) is 12.1. The highest BCUT2D eigenvalue weighted by molar-refractivity contribution is 7.89. The van der Waals surface area contributed by atoms with Gasteiger partial charge in [0.15, 0.2) is 0 Å². The summed E-state index contributed by atoms with van der Waals surface area (Å²) in [5.41, 5.74) is 0.341. The van der Waals surface area contributed by atoms with E-state index >= 15 is 0 Å². The van der Waals surface area contributed by atoms with Gasteiger partial charge >= 0.3 is 5.97 Å². The van der Waals surface area contributed by atoms with E-state index in [1.807, 2.05) is 10.8 Å². The summed E-state index contributed by atoms with van der Waals surface area (Å²) in [6, 6.07) is 10.8. The van der Waals surface area contributed by atoms with Gasteiger partial charge in [-0.1, -0.05) is 18.2 Å². The molecule has 1 atom stereocenters. The van der Waals surface area contributed by atoms with E-state index in [2.05, 4.69) is 0 Å². The number of nitro groups is 1. The molecule has 0 aliphatic rings. The smallest absolute Gasteiger partial charge is 0.322 e. The predicted molar refractivity (Wildman–Crippen MR) is 89.7 cm³/mol. The minimum Gasteiger partial charge on any atom is -0.480 e. The Kier molecular flexibility index (Phi) is 5.66. The minimum absolute atomic E-state index is 0.195. The van der Waals surface area contributed by atoms with Crippen LogP contribution in [-0.2, 0) is 21.2 Å². The molecule has 0 spiro atoms. The van der Waals surface area contributed by atoms with Gasteiger partial charge < -0.3 is 5.11 Å². The van der Waals surface area contributed by atoms with E-state index in [-0.39, 0.29) is 6.42 Å². The van der Waals surface area contributed by atoms with Gasteiger partial charge in [0.2, 0.25) is 10.0 Å². The van der Waals surface area contributed by atoms with Crippen molar-refractivity contribution >= 4 is 21.7 Å². The van der Waals surface area contributed by atoms with Crippen LogP contribution < -0.4 is 4.72 Å². The molecule has 0 saturated carbocycles. The van der Waals surface area contributed by atoms with Crippen molar-refractivity contribution in [3.8, 4) is 6.07 Å². The van der Waals surface area contributed by atoms with Gasteiger partial charge in [-0.25, -0.2) is 8.42 Å². The van der Waals surface area contributed by atoms with Crippen molar-refractivity contribution in [2.45, 2.75) is 17.4 Å². The van der Waals surface area contributed by atoms with E-state index in [4.69, 9.17) is 5.26 Å². The highest BCUT2D eigenvalue weighted by atomic mass is 32.2. The molecular weight excluding hydrogens is 362 g/mol. The highest BCUT2D eigenvalue weighted by Gasteiger charge is 2.26. The van der Waals surface area contributed by atoms with Crippen molar-refractivity contribution in [3.63, 3.8) is 0 Å². The lowest BCUT2D eigenvalue weighted by molar-refractivity contribution is -0.385. The van der Waals surface area contributed by atoms with Crippen LogP contribution in [0.2, 0.25) is 0 Å². The number of rotatable bonds is 7. The second kappa shape index (κ2) is 7.73. The average molecular weight is 375 g/mol. The third-order valence-corrected chi connectivity index (χ3v) is 4.90.